The van der Waals surface area contributed by atoms with Crippen LogP contribution in [0.1, 0.15) is 10.4 Å². The number of halogens is 1. The van der Waals surface area contributed by atoms with Gasteiger partial charge in [-0.25, -0.2) is 9.37 Å². The van der Waals surface area contributed by atoms with Crippen LogP contribution in [0.3, 0.4) is 0 Å². The van der Waals surface area contributed by atoms with Crippen LogP contribution in [-0.4, -0.2) is 10.9 Å². The number of hydrogen-bond acceptors (Lipinski definition) is 4. The molecular formula is C20H13FN2O2S. The highest BCUT2D eigenvalue weighted by atomic mass is 32.1. The van der Waals surface area contributed by atoms with Crippen molar-refractivity contribution >= 4 is 32.6 Å². The van der Waals surface area contributed by atoms with E-state index in [1.165, 1.54) is 17.4 Å². The molecule has 0 unspecified atom stereocenters. The Labute approximate surface area is 152 Å². The first-order valence-corrected chi connectivity index (χ1v) is 8.70. The van der Waals surface area contributed by atoms with E-state index < -0.39 is 5.82 Å². The number of amides is 1. The maximum atomic E-state index is 13.7. The minimum atomic E-state index is -0.401. The summed E-state index contributed by atoms with van der Waals surface area (Å²) >= 11 is 1.23. The SMILES string of the molecule is O=C(Nc1nc2c(F)cccc2s1)c1ccc(Oc2ccccc2)cc1. The summed E-state index contributed by atoms with van der Waals surface area (Å²) in [6.45, 7) is 0. The topological polar surface area (TPSA) is 51.2 Å². The van der Waals surface area contributed by atoms with E-state index in [-0.39, 0.29) is 11.4 Å². The molecule has 1 amide bonds. The Kier molecular flexibility index (Phi) is 4.33. The third kappa shape index (κ3) is 3.41. The van der Waals surface area contributed by atoms with E-state index >= 15 is 0 Å². The molecule has 4 aromatic rings. The summed E-state index contributed by atoms with van der Waals surface area (Å²) in [6, 6.07) is 20.9. The van der Waals surface area contributed by atoms with Gasteiger partial charge in [0.1, 0.15) is 22.8 Å². The zero-order chi connectivity index (χ0) is 17.9. The van der Waals surface area contributed by atoms with Crippen molar-refractivity contribution in [2.45, 2.75) is 0 Å². The van der Waals surface area contributed by atoms with Gasteiger partial charge in [0, 0.05) is 5.56 Å². The number of rotatable bonds is 4. The fourth-order valence-electron chi connectivity index (χ4n) is 2.44. The highest BCUT2D eigenvalue weighted by Gasteiger charge is 2.12. The number of carbonyl (C=O) groups is 1. The van der Waals surface area contributed by atoms with Crippen molar-refractivity contribution in [2.24, 2.45) is 0 Å². The molecule has 3 aromatic carbocycles. The van der Waals surface area contributed by atoms with Crippen molar-refractivity contribution in [3.63, 3.8) is 0 Å². The molecule has 1 heterocycles. The summed E-state index contributed by atoms with van der Waals surface area (Å²) in [5.41, 5.74) is 0.726. The number of anilines is 1. The second kappa shape index (κ2) is 6.93. The van der Waals surface area contributed by atoms with Gasteiger partial charge < -0.3 is 4.74 Å². The predicted molar refractivity (Wildman–Crippen MR) is 100 cm³/mol. The third-order valence-corrected chi connectivity index (χ3v) is 4.62. The number of para-hydroxylation sites is 2. The quantitative estimate of drug-likeness (QED) is 0.522. The van der Waals surface area contributed by atoms with Gasteiger partial charge in [-0.3, -0.25) is 10.1 Å². The Morgan fingerprint density at radius 2 is 1.65 bits per heavy atom. The van der Waals surface area contributed by atoms with Crippen LogP contribution in [0.15, 0.2) is 72.8 Å². The number of benzene rings is 3. The van der Waals surface area contributed by atoms with Crippen molar-refractivity contribution in [3.8, 4) is 11.5 Å². The normalized spacial score (nSPS) is 10.7. The molecule has 0 atom stereocenters. The molecule has 4 nitrogen and oxygen atoms in total. The summed E-state index contributed by atoms with van der Waals surface area (Å²) in [5.74, 6) is 0.647. The summed E-state index contributed by atoms with van der Waals surface area (Å²) in [7, 11) is 0. The molecule has 4 rings (SSSR count). The Bertz CT molecular complexity index is 1060. The number of thiazole rings is 1. The lowest BCUT2D eigenvalue weighted by Crippen LogP contribution is -2.11. The van der Waals surface area contributed by atoms with E-state index in [1.807, 2.05) is 30.3 Å². The van der Waals surface area contributed by atoms with Gasteiger partial charge in [-0.15, -0.1) is 0 Å². The van der Waals surface area contributed by atoms with Crippen LogP contribution in [0.2, 0.25) is 0 Å². The first-order valence-electron chi connectivity index (χ1n) is 7.88. The molecule has 1 aromatic heterocycles. The highest BCUT2D eigenvalue weighted by Crippen LogP contribution is 2.28. The number of hydrogen-bond donors (Lipinski definition) is 1. The molecule has 0 bridgehead atoms. The van der Waals surface area contributed by atoms with E-state index in [0.29, 0.717) is 21.1 Å². The third-order valence-electron chi connectivity index (χ3n) is 3.69. The number of ether oxygens (including phenoxy) is 1. The minimum Gasteiger partial charge on any atom is -0.457 e. The molecule has 0 spiro atoms. The maximum absolute atomic E-state index is 13.7. The molecule has 26 heavy (non-hydrogen) atoms. The number of aromatic nitrogens is 1. The van der Waals surface area contributed by atoms with Crippen molar-refractivity contribution < 1.29 is 13.9 Å². The van der Waals surface area contributed by atoms with E-state index in [9.17, 15) is 9.18 Å². The predicted octanol–water partition coefficient (Wildman–Crippen LogP) is 5.48. The monoisotopic (exact) mass is 364 g/mol. The standard InChI is InChI=1S/C20H13FN2O2S/c21-16-7-4-8-17-18(16)22-20(26-17)23-19(24)13-9-11-15(12-10-13)25-14-5-2-1-3-6-14/h1-12H,(H,22,23,24). The number of carbonyl (C=O) groups excluding carboxylic acids is 1. The average molecular weight is 364 g/mol. The van der Waals surface area contributed by atoms with Crippen LogP contribution in [-0.2, 0) is 0 Å². The Hall–Kier alpha value is -3.25. The average Bonchev–Trinajstić information content (AvgIpc) is 3.07. The summed E-state index contributed by atoms with van der Waals surface area (Å²) in [5, 5.41) is 3.07. The van der Waals surface area contributed by atoms with Gasteiger partial charge in [0.15, 0.2) is 5.13 Å². The van der Waals surface area contributed by atoms with Crippen LogP contribution in [0.25, 0.3) is 10.2 Å². The van der Waals surface area contributed by atoms with Gasteiger partial charge in [-0.2, -0.15) is 0 Å². The van der Waals surface area contributed by atoms with E-state index in [0.717, 1.165) is 5.75 Å². The first-order chi connectivity index (χ1) is 12.7. The lowest BCUT2D eigenvalue weighted by atomic mass is 10.2. The zero-order valence-corrected chi connectivity index (χ0v) is 14.3. The molecule has 128 valence electrons. The first kappa shape index (κ1) is 16.2. The van der Waals surface area contributed by atoms with E-state index in [1.54, 1.807) is 36.4 Å². The number of nitrogens with one attached hydrogen (secondary N) is 1. The van der Waals surface area contributed by atoms with Gasteiger partial charge in [0.2, 0.25) is 0 Å². The lowest BCUT2D eigenvalue weighted by molar-refractivity contribution is 0.102. The molecule has 0 aliphatic rings. The molecule has 6 heteroatoms. The molecule has 1 N–H and O–H groups in total. The molecule has 0 radical (unpaired) electrons. The summed E-state index contributed by atoms with van der Waals surface area (Å²) in [6.07, 6.45) is 0. The fraction of sp³-hybridized carbons (Fsp3) is 0. The molecule has 0 saturated carbocycles. The minimum absolute atomic E-state index is 0.263. The second-order valence-electron chi connectivity index (χ2n) is 5.50. The highest BCUT2D eigenvalue weighted by molar-refractivity contribution is 7.22. The van der Waals surface area contributed by atoms with E-state index in [4.69, 9.17) is 4.74 Å². The van der Waals surface area contributed by atoms with Crippen LogP contribution in [0, 0.1) is 5.82 Å². The smallest absolute Gasteiger partial charge is 0.257 e. The Morgan fingerprint density at radius 1 is 0.923 bits per heavy atom. The van der Waals surface area contributed by atoms with Crippen LogP contribution < -0.4 is 10.1 Å². The van der Waals surface area contributed by atoms with Gasteiger partial charge >= 0.3 is 0 Å². The largest absolute Gasteiger partial charge is 0.457 e. The maximum Gasteiger partial charge on any atom is 0.257 e. The number of nitrogens with zero attached hydrogens (tertiary/aromatic N) is 1. The molecular weight excluding hydrogens is 351 g/mol. The van der Waals surface area contributed by atoms with Crippen molar-refractivity contribution in [3.05, 3.63) is 84.2 Å². The molecule has 0 saturated heterocycles. The van der Waals surface area contributed by atoms with Gasteiger partial charge in [-0.1, -0.05) is 35.6 Å². The summed E-state index contributed by atoms with van der Waals surface area (Å²) in [4.78, 5) is 16.5. The molecule has 0 aliphatic heterocycles. The molecule has 0 fully saturated rings. The second-order valence-corrected chi connectivity index (χ2v) is 6.53. The van der Waals surface area contributed by atoms with Crippen LogP contribution in [0.5, 0.6) is 11.5 Å². The lowest BCUT2D eigenvalue weighted by Gasteiger charge is -2.06. The van der Waals surface area contributed by atoms with Crippen LogP contribution in [0.4, 0.5) is 9.52 Å². The van der Waals surface area contributed by atoms with Crippen molar-refractivity contribution in [1.82, 2.24) is 4.98 Å². The number of fused-ring (bicyclic) bond motifs is 1. The van der Waals surface area contributed by atoms with Crippen molar-refractivity contribution in [1.29, 1.82) is 0 Å². The van der Waals surface area contributed by atoms with Crippen LogP contribution >= 0.6 is 11.3 Å². The zero-order valence-electron chi connectivity index (χ0n) is 13.5. The van der Waals surface area contributed by atoms with Gasteiger partial charge in [0.05, 0.1) is 4.70 Å². The fourth-order valence-corrected chi connectivity index (χ4v) is 3.31. The van der Waals surface area contributed by atoms with E-state index in [2.05, 4.69) is 10.3 Å². The van der Waals surface area contributed by atoms with Crippen molar-refractivity contribution in [2.75, 3.05) is 5.32 Å². The Balaban J connectivity index is 1.48. The molecule has 0 aliphatic carbocycles. The van der Waals surface area contributed by atoms with Gasteiger partial charge in [-0.05, 0) is 48.5 Å². The Morgan fingerprint density at radius 3 is 2.38 bits per heavy atom. The summed E-state index contributed by atoms with van der Waals surface area (Å²) < 4.78 is 20.1. The van der Waals surface area contributed by atoms with Gasteiger partial charge in [0.25, 0.3) is 5.91 Å².